The summed E-state index contributed by atoms with van der Waals surface area (Å²) in [5.41, 5.74) is -1.47. The lowest BCUT2D eigenvalue weighted by molar-refractivity contribution is -0.151. The van der Waals surface area contributed by atoms with E-state index in [0.29, 0.717) is 12.8 Å². The number of alkyl halides is 3. The van der Waals surface area contributed by atoms with Gasteiger partial charge in [0.2, 0.25) is 9.70 Å². The highest BCUT2D eigenvalue weighted by atomic mass is 35.6. The van der Waals surface area contributed by atoms with Crippen molar-refractivity contribution in [2.75, 3.05) is 13.2 Å². The van der Waals surface area contributed by atoms with Crippen LogP contribution in [-0.4, -0.2) is 57.9 Å². The van der Waals surface area contributed by atoms with Gasteiger partial charge in [-0.15, -0.1) is 0 Å². The summed E-state index contributed by atoms with van der Waals surface area (Å²) in [6.07, 6.45) is 22.9. The van der Waals surface area contributed by atoms with Crippen molar-refractivity contribution in [1.82, 2.24) is 5.32 Å². The Bertz CT molecular complexity index is 808. The molecule has 0 aromatic rings. The van der Waals surface area contributed by atoms with Gasteiger partial charge in [-0.05, 0) is 33.1 Å². The number of rotatable bonds is 30. The average Bonchev–Trinajstić information content (AvgIpc) is 3.00. The zero-order valence-electron chi connectivity index (χ0n) is 29.9. The standard InChI is InChI=1S/C36H66Cl3NO7/c1-5-7-9-11-13-15-16-18-20-22-24-26-33(43)46-31(25-23-21-19-17-14-12-10-8-6-2)27-32(42)40-30(28-41)29-45-34(44)47-35(3,4)36(37,38)39/h30-31,41H,5-29H2,1-4H3,(H,40,42)/t30-,31+/m0/s1. The van der Waals surface area contributed by atoms with Crippen molar-refractivity contribution in [3.05, 3.63) is 0 Å². The van der Waals surface area contributed by atoms with Crippen LogP contribution < -0.4 is 5.32 Å². The average molecular weight is 731 g/mol. The molecule has 11 heteroatoms. The van der Waals surface area contributed by atoms with E-state index >= 15 is 0 Å². The number of amides is 1. The molecule has 0 aliphatic carbocycles. The van der Waals surface area contributed by atoms with Crippen molar-refractivity contribution in [3.63, 3.8) is 0 Å². The molecular formula is C36H66Cl3NO7. The number of nitrogens with one attached hydrogen (secondary N) is 1. The van der Waals surface area contributed by atoms with E-state index in [4.69, 9.17) is 49.0 Å². The van der Waals surface area contributed by atoms with Gasteiger partial charge in [-0.2, -0.15) is 0 Å². The number of hydrogen-bond acceptors (Lipinski definition) is 7. The number of carbonyl (C=O) groups excluding carboxylic acids is 3. The second-order valence-corrected chi connectivity index (χ2v) is 15.6. The van der Waals surface area contributed by atoms with Crippen LogP contribution in [0.5, 0.6) is 0 Å². The molecular weight excluding hydrogens is 665 g/mol. The highest BCUT2D eigenvalue weighted by Gasteiger charge is 2.44. The van der Waals surface area contributed by atoms with Crippen LogP contribution in [0, 0.1) is 0 Å². The van der Waals surface area contributed by atoms with E-state index in [0.717, 1.165) is 38.5 Å². The van der Waals surface area contributed by atoms with Gasteiger partial charge in [0.05, 0.1) is 19.1 Å². The molecule has 0 heterocycles. The van der Waals surface area contributed by atoms with Crippen LogP contribution in [0.25, 0.3) is 0 Å². The topological polar surface area (TPSA) is 111 Å². The number of unbranched alkanes of at least 4 members (excludes halogenated alkanes) is 18. The van der Waals surface area contributed by atoms with Gasteiger partial charge in [0.15, 0.2) is 5.60 Å². The van der Waals surface area contributed by atoms with Gasteiger partial charge < -0.3 is 24.6 Å². The van der Waals surface area contributed by atoms with Crippen molar-refractivity contribution >= 4 is 52.8 Å². The number of hydrogen-bond donors (Lipinski definition) is 2. The number of esters is 1. The number of aliphatic hydroxyl groups excluding tert-OH is 1. The molecule has 0 spiro atoms. The third-order valence-corrected chi connectivity index (χ3v) is 9.70. The quantitative estimate of drug-likeness (QED) is 0.0430. The first-order valence-electron chi connectivity index (χ1n) is 18.4. The van der Waals surface area contributed by atoms with Gasteiger partial charge in [-0.25, -0.2) is 4.79 Å². The smallest absolute Gasteiger partial charge is 0.462 e. The van der Waals surface area contributed by atoms with Gasteiger partial charge in [-0.3, -0.25) is 9.59 Å². The zero-order valence-corrected chi connectivity index (χ0v) is 32.1. The lowest BCUT2D eigenvalue weighted by Crippen LogP contribution is -2.44. The first-order valence-corrected chi connectivity index (χ1v) is 19.5. The fraction of sp³-hybridized carbons (Fsp3) is 0.917. The van der Waals surface area contributed by atoms with Gasteiger partial charge in [0.25, 0.3) is 0 Å². The van der Waals surface area contributed by atoms with E-state index in [-0.39, 0.29) is 19.0 Å². The van der Waals surface area contributed by atoms with Gasteiger partial charge in [0.1, 0.15) is 12.7 Å². The van der Waals surface area contributed by atoms with Gasteiger partial charge >= 0.3 is 12.1 Å². The molecule has 0 saturated carbocycles. The van der Waals surface area contributed by atoms with Crippen LogP contribution in [0.1, 0.15) is 175 Å². The van der Waals surface area contributed by atoms with Crippen molar-refractivity contribution in [3.8, 4) is 0 Å². The molecule has 2 atom stereocenters. The van der Waals surface area contributed by atoms with E-state index in [2.05, 4.69) is 19.2 Å². The zero-order chi connectivity index (χ0) is 35.4. The molecule has 47 heavy (non-hydrogen) atoms. The number of aliphatic hydroxyl groups is 1. The summed E-state index contributed by atoms with van der Waals surface area (Å²) in [5.74, 6) is -0.693. The number of carbonyl (C=O) groups is 3. The Labute approximate surface area is 301 Å². The molecule has 1 amide bonds. The minimum Gasteiger partial charge on any atom is -0.462 e. The molecule has 278 valence electrons. The van der Waals surface area contributed by atoms with E-state index in [1.165, 1.54) is 104 Å². The number of ether oxygens (including phenoxy) is 3. The van der Waals surface area contributed by atoms with E-state index in [1.54, 1.807) is 0 Å². The Morgan fingerprint density at radius 3 is 1.60 bits per heavy atom. The van der Waals surface area contributed by atoms with Crippen LogP contribution in [0.2, 0.25) is 0 Å². The minimum atomic E-state index is -1.88. The van der Waals surface area contributed by atoms with Crippen molar-refractivity contribution in [1.29, 1.82) is 0 Å². The largest absolute Gasteiger partial charge is 0.509 e. The van der Waals surface area contributed by atoms with Crippen LogP contribution in [0.15, 0.2) is 0 Å². The molecule has 0 aromatic carbocycles. The maximum atomic E-state index is 12.9. The third-order valence-electron chi connectivity index (χ3n) is 8.33. The molecule has 0 fully saturated rings. The summed E-state index contributed by atoms with van der Waals surface area (Å²) in [7, 11) is 0. The Morgan fingerprint density at radius 1 is 0.702 bits per heavy atom. The van der Waals surface area contributed by atoms with Crippen LogP contribution in [-0.2, 0) is 23.8 Å². The summed E-state index contributed by atoms with van der Waals surface area (Å²) >= 11 is 17.5. The predicted octanol–water partition coefficient (Wildman–Crippen LogP) is 10.7. The lowest BCUT2D eigenvalue weighted by Gasteiger charge is -2.31. The van der Waals surface area contributed by atoms with Crippen LogP contribution in [0.3, 0.4) is 0 Å². The fourth-order valence-electron chi connectivity index (χ4n) is 5.16. The molecule has 0 radical (unpaired) electrons. The molecule has 0 saturated heterocycles. The van der Waals surface area contributed by atoms with E-state index in [9.17, 15) is 19.5 Å². The van der Waals surface area contributed by atoms with Crippen LogP contribution >= 0.6 is 34.8 Å². The molecule has 0 aliphatic heterocycles. The highest BCUT2D eigenvalue weighted by Crippen LogP contribution is 2.40. The van der Waals surface area contributed by atoms with E-state index < -0.39 is 40.2 Å². The molecule has 0 rings (SSSR count). The molecule has 8 nitrogen and oxygen atoms in total. The summed E-state index contributed by atoms with van der Waals surface area (Å²) in [6.45, 7) is 6.46. The highest BCUT2D eigenvalue weighted by molar-refractivity contribution is 6.68. The summed E-state index contributed by atoms with van der Waals surface area (Å²) in [6, 6.07) is -0.883. The van der Waals surface area contributed by atoms with Gasteiger partial charge in [-0.1, -0.05) is 164 Å². The monoisotopic (exact) mass is 729 g/mol. The Balaban J connectivity index is 4.71. The maximum Gasteiger partial charge on any atom is 0.509 e. The Hall–Kier alpha value is -0.960. The third kappa shape index (κ3) is 26.6. The second-order valence-electron chi connectivity index (χ2n) is 13.3. The molecule has 2 N–H and O–H groups in total. The summed E-state index contributed by atoms with van der Waals surface area (Å²) in [5, 5.41) is 12.4. The second kappa shape index (κ2) is 28.8. The fourth-order valence-corrected chi connectivity index (χ4v) is 5.28. The van der Waals surface area contributed by atoms with Crippen molar-refractivity contribution in [2.24, 2.45) is 0 Å². The molecule has 0 bridgehead atoms. The number of halogens is 3. The Kier molecular flexibility index (Phi) is 28.2. The normalized spacial score (nSPS) is 13.2. The van der Waals surface area contributed by atoms with Crippen LogP contribution in [0.4, 0.5) is 4.79 Å². The summed E-state index contributed by atoms with van der Waals surface area (Å²) in [4.78, 5) is 37.7. The molecule has 0 aliphatic rings. The minimum absolute atomic E-state index is 0.0394. The summed E-state index contributed by atoms with van der Waals surface area (Å²) < 4.78 is 14.0. The Morgan fingerprint density at radius 2 is 1.15 bits per heavy atom. The first kappa shape index (κ1) is 46.0. The van der Waals surface area contributed by atoms with E-state index in [1.807, 2.05) is 0 Å². The molecule has 0 aromatic heterocycles. The van der Waals surface area contributed by atoms with Gasteiger partial charge in [0, 0.05) is 6.42 Å². The predicted molar refractivity (Wildman–Crippen MR) is 193 cm³/mol. The lowest BCUT2D eigenvalue weighted by atomic mass is 10.0. The maximum absolute atomic E-state index is 12.9. The first-order chi connectivity index (χ1) is 22.4. The molecule has 0 unspecified atom stereocenters. The van der Waals surface area contributed by atoms with Crippen molar-refractivity contribution in [2.45, 2.75) is 197 Å². The van der Waals surface area contributed by atoms with Crippen molar-refractivity contribution < 1.29 is 33.7 Å². The SMILES string of the molecule is CCCCCCCCCCCCCC(=O)O[C@H](CCCCCCCCCCC)CC(=O)N[C@@H](CO)COC(=O)OC(C)(C)C(Cl)(Cl)Cl.